The summed E-state index contributed by atoms with van der Waals surface area (Å²) in [4.78, 5) is 27.4. The van der Waals surface area contributed by atoms with Crippen molar-refractivity contribution in [3.8, 4) is 11.4 Å². The first-order chi connectivity index (χ1) is 12.9. The zero-order chi connectivity index (χ0) is 19.6. The summed E-state index contributed by atoms with van der Waals surface area (Å²) in [6.45, 7) is 3.75. The van der Waals surface area contributed by atoms with Crippen LogP contribution in [0.15, 0.2) is 52.3 Å². The van der Waals surface area contributed by atoms with E-state index in [4.69, 9.17) is 4.74 Å². The molecule has 0 atom stereocenters. The molecule has 1 heterocycles. The van der Waals surface area contributed by atoms with Gasteiger partial charge in [-0.25, -0.2) is 4.68 Å². The number of benzene rings is 2. The van der Waals surface area contributed by atoms with Crippen molar-refractivity contribution < 1.29 is 9.66 Å². The molecule has 0 saturated heterocycles. The van der Waals surface area contributed by atoms with E-state index in [1.165, 1.54) is 36.2 Å². The van der Waals surface area contributed by atoms with Crippen LogP contribution in [-0.2, 0) is 0 Å². The van der Waals surface area contributed by atoms with Crippen molar-refractivity contribution in [2.75, 3.05) is 7.11 Å². The molecular formula is C19H18N4O4. The lowest BCUT2D eigenvalue weighted by atomic mass is 10.2. The Hall–Kier alpha value is -3.68. The van der Waals surface area contributed by atoms with Gasteiger partial charge in [-0.15, -0.1) is 0 Å². The number of nitro groups is 1. The monoisotopic (exact) mass is 366 g/mol. The van der Waals surface area contributed by atoms with Gasteiger partial charge in [0.15, 0.2) is 5.75 Å². The first-order valence-electron chi connectivity index (χ1n) is 8.16. The molecule has 0 aliphatic carbocycles. The summed E-state index contributed by atoms with van der Waals surface area (Å²) in [7, 11) is 1.41. The van der Waals surface area contributed by atoms with Gasteiger partial charge in [0.1, 0.15) is 5.69 Å². The Kier molecular flexibility index (Phi) is 4.89. The molecule has 1 aromatic heterocycles. The number of rotatable bonds is 5. The fraction of sp³-hybridized carbons (Fsp3) is 0.158. The number of nitrogens with one attached hydrogen (secondary N) is 1. The smallest absolute Gasteiger partial charge is 0.280 e. The molecule has 2 aromatic carbocycles. The van der Waals surface area contributed by atoms with E-state index in [1.54, 1.807) is 6.92 Å². The number of non-ortho nitro benzene ring substituents is 1. The van der Waals surface area contributed by atoms with Gasteiger partial charge in [0.2, 0.25) is 0 Å². The maximum Gasteiger partial charge on any atom is 0.280 e. The van der Waals surface area contributed by atoms with Crippen molar-refractivity contribution in [1.29, 1.82) is 0 Å². The third kappa shape index (κ3) is 3.64. The van der Waals surface area contributed by atoms with Crippen LogP contribution in [-0.4, -0.2) is 28.0 Å². The van der Waals surface area contributed by atoms with Gasteiger partial charge in [0.25, 0.3) is 11.2 Å². The zero-order valence-corrected chi connectivity index (χ0v) is 15.1. The summed E-state index contributed by atoms with van der Waals surface area (Å²) in [6.07, 6.45) is 1.43. The molecule has 0 amide bonds. The van der Waals surface area contributed by atoms with Crippen LogP contribution in [0.3, 0.4) is 0 Å². The molecule has 0 saturated carbocycles. The van der Waals surface area contributed by atoms with Crippen molar-refractivity contribution in [3.63, 3.8) is 0 Å². The van der Waals surface area contributed by atoms with E-state index in [2.05, 4.69) is 10.1 Å². The largest absolute Gasteiger partial charge is 0.494 e. The van der Waals surface area contributed by atoms with Gasteiger partial charge in [0, 0.05) is 18.0 Å². The predicted molar refractivity (Wildman–Crippen MR) is 103 cm³/mol. The van der Waals surface area contributed by atoms with Crippen LogP contribution in [0.2, 0.25) is 0 Å². The fourth-order valence-corrected chi connectivity index (χ4v) is 2.61. The molecule has 3 rings (SSSR count). The average Bonchev–Trinajstić information content (AvgIpc) is 2.94. The van der Waals surface area contributed by atoms with E-state index >= 15 is 0 Å². The maximum absolute atomic E-state index is 12.7. The van der Waals surface area contributed by atoms with Crippen molar-refractivity contribution in [1.82, 2.24) is 9.78 Å². The molecule has 8 nitrogen and oxygen atoms in total. The van der Waals surface area contributed by atoms with Crippen molar-refractivity contribution in [3.05, 3.63) is 79.8 Å². The number of aromatic nitrogens is 2. The number of aromatic amines is 1. The Labute approximate surface area is 154 Å². The molecule has 0 bridgehead atoms. The summed E-state index contributed by atoms with van der Waals surface area (Å²) in [5, 5.41) is 13.9. The lowest BCUT2D eigenvalue weighted by Crippen LogP contribution is -2.17. The van der Waals surface area contributed by atoms with Crippen LogP contribution < -0.4 is 10.3 Å². The Morgan fingerprint density at radius 2 is 1.89 bits per heavy atom. The second-order valence-electron chi connectivity index (χ2n) is 6.00. The number of nitrogens with zero attached hydrogens (tertiary/aromatic N) is 3. The maximum atomic E-state index is 12.7. The highest BCUT2D eigenvalue weighted by atomic mass is 16.6. The van der Waals surface area contributed by atoms with E-state index < -0.39 is 4.92 Å². The number of H-pyrrole nitrogens is 1. The lowest BCUT2D eigenvalue weighted by molar-refractivity contribution is -0.384. The van der Waals surface area contributed by atoms with E-state index in [1.807, 2.05) is 31.2 Å². The van der Waals surface area contributed by atoms with Gasteiger partial charge in [0.05, 0.1) is 29.4 Å². The Morgan fingerprint density at radius 3 is 2.52 bits per heavy atom. The van der Waals surface area contributed by atoms with Gasteiger partial charge in [-0.2, -0.15) is 0 Å². The van der Waals surface area contributed by atoms with Gasteiger partial charge in [-0.05, 0) is 32.0 Å². The highest BCUT2D eigenvalue weighted by molar-refractivity contribution is 5.84. The Morgan fingerprint density at radius 1 is 1.19 bits per heavy atom. The van der Waals surface area contributed by atoms with Gasteiger partial charge in [-0.1, -0.05) is 17.7 Å². The van der Waals surface area contributed by atoms with Crippen LogP contribution in [0, 0.1) is 24.0 Å². The minimum absolute atomic E-state index is 0.0923. The topological polar surface area (TPSA) is 103 Å². The minimum atomic E-state index is -0.507. The number of nitro benzene ring substituents is 1. The molecule has 0 aliphatic rings. The van der Waals surface area contributed by atoms with Gasteiger partial charge >= 0.3 is 0 Å². The van der Waals surface area contributed by atoms with Crippen molar-refractivity contribution >= 4 is 17.6 Å². The summed E-state index contributed by atoms with van der Waals surface area (Å²) in [5.74, 6) is 0.257. The zero-order valence-electron chi connectivity index (χ0n) is 15.1. The van der Waals surface area contributed by atoms with E-state index in [9.17, 15) is 14.9 Å². The van der Waals surface area contributed by atoms with Crippen LogP contribution in [0.4, 0.5) is 11.4 Å². The number of aryl methyl sites for hydroxylation is 2. The quantitative estimate of drug-likeness (QED) is 0.424. The molecule has 0 aliphatic heterocycles. The molecule has 0 fully saturated rings. The highest BCUT2D eigenvalue weighted by Crippen LogP contribution is 2.31. The SMILES string of the molecule is COc1cc([N+](=O)[O-])ccc1N=Cc1c(C)[nH]n(-c2ccc(C)cc2)c1=O. The third-order valence-corrected chi connectivity index (χ3v) is 4.12. The first-order valence-corrected chi connectivity index (χ1v) is 8.16. The molecule has 138 valence electrons. The third-order valence-electron chi connectivity index (χ3n) is 4.12. The number of aliphatic imine (C=N–C) groups is 1. The molecule has 0 unspecified atom stereocenters. The Bertz CT molecular complexity index is 1080. The average molecular weight is 366 g/mol. The molecule has 0 radical (unpaired) electrons. The second kappa shape index (κ2) is 7.28. The van der Waals surface area contributed by atoms with Crippen LogP contribution in [0.1, 0.15) is 16.8 Å². The van der Waals surface area contributed by atoms with E-state index in [-0.39, 0.29) is 17.0 Å². The minimum Gasteiger partial charge on any atom is -0.494 e. The molecule has 0 spiro atoms. The predicted octanol–water partition coefficient (Wildman–Crippen LogP) is 3.45. The van der Waals surface area contributed by atoms with Crippen LogP contribution in [0.25, 0.3) is 5.69 Å². The van der Waals surface area contributed by atoms with Gasteiger partial charge in [-0.3, -0.25) is 25.0 Å². The normalized spacial score (nSPS) is 11.1. The highest BCUT2D eigenvalue weighted by Gasteiger charge is 2.13. The van der Waals surface area contributed by atoms with E-state index in [0.29, 0.717) is 16.9 Å². The van der Waals surface area contributed by atoms with E-state index in [0.717, 1.165) is 11.3 Å². The summed E-state index contributed by atoms with van der Waals surface area (Å²) < 4.78 is 6.61. The molecule has 8 heteroatoms. The summed E-state index contributed by atoms with van der Waals surface area (Å²) >= 11 is 0. The summed E-state index contributed by atoms with van der Waals surface area (Å²) in [5.41, 5.74) is 2.95. The first kappa shape index (κ1) is 18.1. The van der Waals surface area contributed by atoms with Crippen LogP contribution in [0.5, 0.6) is 5.75 Å². The molecule has 27 heavy (non-hydrogen) atoms. The van der Waals surface area contributed by atoms with Crippen molar-refractivity contribution in [2.45, 2.75) is 13.8 Å². The summed E-state index contributed by atoms with van der Waals surface area (Å²) in [6, 6.07) is 11.7. The molecule has 3 aromatic rings. The number of hydrogen-bond acceptors (Lipinski definition) is 5. The van der Waals surface area contributed by atoms with Gasteiger partial charge < -0.3 is 4.74 Å². The van der Waals surface area contributed by atoms with Crippen LogP contribution >= 0.6 is 0 Å². The standard InChI is InChI=1S/C19H18N4O4/c1-12-4-6-14(7-5-12)22-19(24)16(13(2)21-22)11-20-17-9-8-15(23(25)26)10-18(17)27-3/h4-11,21H,1-3H3. The molecular weight excluding hydrogens is 348 g/mol. The fourth-order valence-electron chi connectivity index (χ4n) is 2.61. The number of methoxy groups -OCH3 is 1. The number of hydrogen-bond donors (Lipinski definition) is 1. The second-order valence-corrected chi connectivity index (χ2v) is 6.00. The van der Waals surface area contributed by atoms with Crippen molar-refractivity contribution in [2.24, 2.45) is 4.99 Å². The lowest BCUT2D eigenvalue weighted by Gasteiger charge is -2.03. The Balaban J connectivity index is 1.98. The number of ether oxygens (including phenoxy) is 1. The molecule has 1 N–H and O–H groups in total.